The zero-order valence-electron chi connectivity index (χ0n) is 12.5. The van der Waals surface area contributed by atoms with Crippen molar-refractivity contribution in [2.24, 2.45) is 5.92 Å². The van der Waals surface area contributed by atoms with Gasteiger partial charge in [-0.05, 0) is 24.5 Å². The van der Waals surface area contributed by atoms with E-state index in [0.717, 1.165) is 30.9 Å². The van der Waals surface area contributed by atoms with Crippen molar-refractivity contribution in [3.8, 4) is 5.75 Å². The molecule has 1 aliphatic rings. The van der Waals surface area contributed by atoms with Gasteiger partial charge in [-0.25, -0.2) is 4.79 Å². The highest BCUT2D eigenvalue weighted by Gasteiger charge is 2.24. The van der Waals surface area contributed by atoms with Crippen LogP contribution in [0.25, 0.3) is 0 Å². The quantitative estimate of drug-likeness (QED) is 0.788. The number of carbonyl (C=O) groups excluding carboxylic acids is 1. The van der Waals surface area contributed by atoms with Gasteiger partial charge in [-0.3, -0.25) is 0 Å². The molecular weight excluding hydrogens is 266 g/mol. The predicted molar refractivity (Wildman–Crippen MR) is 84.9 cm³/mol. The number of urea groups is 1. The smallest absolute Gasteiger partial charge is 0.315 e. The van der Waals surface area contributed by atoms with Crippen molar-refractivity contribution in [2.75, 3.05) is 38.2 Å². The van der Waals surface area contributed by atoms with Crippen molar-refractivity contribution >= 4 is 11.7 Å². The maximum atomic E-state index is 11.5. The first-order chi connectivity index (χ1) is 10.2. The number of benzene rings is 1. The fourth-order valence-electron chi connectivity index (χ4n) is 2.57. The summed E-state index contributed by atoms with van der Waals surface area (Å²) in [5.74, 6) is 1.36. The van der Waals surface area contributed by atoms with E-state index in [1.165, 1.54) is 0 Å². The number of nitrogens with zero attached hydrogens (tertiary/aromatic N) is 1. The molecule has 0 spiro atoms. The molecule has 2 rings (SSSR count). The van der Waals surface area contributed by atoms with Crippen LogP contribution >= 0.6 is 0 Å². The van der Waals surface area contributed by atoms with Crippen molar-refractivity contribution < 1.29 is 9.53 Å². The molecule has 1 aliphatic heterocycles. The van der Waals surface area contributed by atoms with E-state index in [1.807, 2.05) is 18.2 Å². The molecule has 21 heavy (non-hydrogen) atoms. The minimum absolute atomic E-state index is 0.134. The molecule has 5 nitrogen and oxygen atoms in total. The van der Waals surface area contributed by atoms with Crippen LogP contribution in [-0.2, 0) is 0 Å². The Morgan fingerprint density at radius 2 is 2.29 bits per heavy atom. The van der Waals surface area contributed by atoms with Crippen molar-refractivity contribution in [1.29, 1.82) is 0 Å². The maximum absolute atomic E-state index is 11.5. The Balaban J connectivity index is 1.83. The number of hydrogen-bond donors (Lipinski definition) is 2. The molecule has 114 valence electrons. The monoisotopic (exact) mass is 289 g/mol. The Hall–Kier alpha value is -2.17. The van der Waals surface area contributed by atoms with Gasteiger partial charge in [0.1, 0.15) is 5.75 Å². The summed E-state index contributed by atoms with van der Waals surface area (Å²) in [6.07, 6.45) is 2.73. The topological polar surface area (TPSA) is 53.6 Å². The van der Waals surface area contributed by atoms with Crippen LogP contribution in [0.5, 0.6) is 5.75 Å². The highest BCUT2D eigenvalue weighted by atomic mass is 16.5. The molecule has 0 saturated carbocycles. The largest absolute Gasteiger partial charge is 0.495 e. The number of rotatable bonds is 6. The van der Waals surface area contributed by atoms with Gasteiger partial charge in [0, 0.05) is 26.2 Å². The average molecular weight is 289 g/mol. The van der Waals surface area contributed by atoms with Gasteiger partial charge in [-0.1, -0.05) is 18.2 Å². The molecule has 1 saturated heterocycles. The summed E-state index contributed by atoms with van der Waals surface area (Å²) in [6, 6.07) is 7.91. The van der Waals surface area contributed by atoms with Crippen molar-refractivity contribution in [3.05, 3.63) is 36.9 Å². The Bertz CT molecular complexity index is 490. The van der Waals surface area contributed by atoms with E-state index >= 15 is 0 Å². The lowest BCUT2D eigenvalue weighted by molar-refractivity contribution is 0.240. The van der Waals surface area contributed by atoms with E-state index in [0.29, 0.717) is 19.0 Å². The fraction of sp³-hybridized carbons (Fsp3) is 0.438. The van der Waals surface area contributed by atoms with E-state index in [1.54, 1.807) is 13.2 Å². The van der Waals surface area contributed by atoms with E-state index in [4.69, 9.17) is 4.74 Å². The van der Waals surface area contributed by atoms with Crippen molar-refractivity contribution in [2.45, 2.75) is 6.42 Å². The third-order valence-electron chi connectivity index (χ3n) is 3.67. The molecule has 1 heterocycles. The van der Waals surface area contributed by atoms with Gasteiger partial charge in [-0.15, -0.1) is 6.58 Å². The van der Waals surface area contributed by atoms with E-state index < -0.39 is 0 Å². The van der Waals surface area contributed by atoms with E-state index in [2.05, 4.69) is 28.2 Å². The average Bonchev–Trinajstić information content (AvgIpc) is 2.99. The lowest BCUT2D eigenvalue weighted by Crippen LogP contribution is -2.38. The van der Waals surface area contributed by atoms with Crippen LogP contribution in [0.2, 0.25) is 0 Å². The summed E-state index contributed by atoms with van der Waals surface area (Å²) in [7, 11) is 1.69. The van der Waals surface area contributed by atoms with Crippen LogP contribution in [0, 0.1) is 5.92 Å². The SMILES string of the molecule is C=CCNC(=O)NCC1CCN(c2ccccc2OC)C1. The van der Waals surface area contributed by atoms with Crippen LogP contribution in [0.1, 0.15) is 6.42 Å². The maximum Gasteiger partial charge on any atom is 0.315 e. The Morgan fingerprint density at radius 1 is 1.48 bits per heavy atom. The van der Waals surface area contributed by atoms with Crippen LogP contribution in [0.4, 0.5) is 10.5 Å². The molecule has 0 aromatic heterocycles. The number of carbonyl (C=O) groups is 1. The summed E-state index contributed by atoms with van der Waals surface area (Å²) < 4.78 is 5.40. The van der Waals surface area contributed by atoms with Crippen molar-refractivity contribution in [1.82, 2.24) is 10.6 Å². The zero-order chi connectivity index (χ0) is 15.1. The van der Waals surface area contributed by atoms with Crippen LogP contribution in [0.3, 0.4) is 0 Å². The molecule has 1 aromatic rings. The molecule has 0 aliphatic carbocycles. The molecule has 2 amide bonds. The highest BCUT2D eigenvalue weighted by molar-refractivity contribution is 5.73. The normalized spacial score (nSPS) is 17.4. The lowest BCUT2D eigenvalue weighted by atomic mass is 10.1. The van der Waals surface area contributed by atoms with Gasteiger partial charge >= 0.3 is 6.03 Å². The number of nitrogens with one attached hydrogen (secondary N) is 2. The summed E-state index contributed by atoms with van der Waals surface area (Å²) in [4.78, 5) is 13.8. The molecule has 2 N–H and O–H groups in total. The molecule has 0 bridgehead atoms. The van der Waals surface area contributed by atoms with Crippen LogP contribution in [-0.4, -0.2) is 39.3 Å². The zero-order valence-corrected chi connectivity index (χ0v) is 12.5. The third kappa shape index (κ3) is 4.15. The van der Waals surface area contributed by atoms with Gasteiger partial charge in [-0.2, -0.15) is 0 Å². The Morgan fingerprint density at radius 3 is 3.05 bits per heavy atom. The first-order valence-corrected chi connectivity index (χ1v) is 7.25. The summed E-state index contributed by atoms with van der Waals surface area (Å²) in [6.45, 7) is 6.67. The van der Waals surface area contributed by atoms with E-state index in [9.17, 15) is 4.79 Å². The predicted octanol–water partition coefficient (Wildman–Crippen LogP) is 2.01. The lowest BCUT2D eigenvalue weighted by Gasteiger charge is -2.21. The summed E-state index contributed by atoms with van der Waals surface area (Å²) >= 11 is 0. The Kier molecular flexibility index (Phi) is 5.49. The number of hydrogen-bond acceptors (Lipinski definition) is 3. The third-order valence-corrected chi connectivity index (χ3v) is 3.67. The molecule has 5 heteroatoms. The van der Waals surface area contributed by atoms with E-state index in [-0.39, 0.29) is 6.03 Å². The Labute approximate surface area is 126 Å². The fourth-order valence-corrected chi connectivity index (χ4v) is 2.57. The van der Waals surface area contributed by atoms with Gasteiger partial charge in [0.2, 0.25) is 0 Å². The van der Waals surface area contributed by atoms with Crippen LogP contribution < -0.4 is 20.3 Å². The van der Waals surface area contributed by atoms with Crippen LogP contribution in [0.15, 0.2) is 36.9 Å². The van der Waals surface area contributed by atoms with Gasteiger partial charge in [0.05, 0.1) is 12.8 Å². The summed E-state index contributed by atoms with van der Waals surface area (Å²) in [5, 5.41) is 5.62. The first-order valence-electron chi connectivity index (χ1n) is 7.25. The van der Waals surface area contributed by atoms with Gasteiger partial charge in [0.15, 0.2) is 0 Å². The number of methoxy groups -OCH3 is 1. The molecule has 1 aromatic carbocycles. The standard InChI is InChI=1S/C16H23N3O2/c1-3-9-17-16(20)18-11-13-8-10-19(12-13)14-6-4-5-7-15(14)21-2/h3-7,13H,1,8-12H2,2H3,(H2,17,18,20). The van der Waals surface area contributed by atoms with Gasteiger partial charge in [0.25, 0.3) is 0 Å². The molecule has 1 atom stereocenters. The number of para-hydroxylation sites is 2. The molecule has 0 radical (unpaired) electrons. The van der Waals surface area contributed by atoms with Gasteiger partial charge < -0.3 is 20.3 Å². The second-order valence-corrected chi connectivity index (χ2v) is 5.15. The second-order valence-electron chi connectivity index (χ2n) is 5.15. The minimum Gasteiger partial charge on any atom is -0.495 e. The molecule has 1 fully saturated rings. The highest BCUT2D eigenvalue weighted by Crippen LogP contribution is 2.31. The second kappa shape index (κ2) is 7.57. The van der Waals surface area contributed by atoms with Crippen molar-refractivity contribution in [3.63, 3.8) is 0 Å². The first kappa shape index (κ1) is 15.2. The number of amides is 2. The number of ether oxygens (including phenoxy) is 1. The molecule has 1 unspecified atom stereocenters. The number of anilines is 1. The summed E-state index contributed by atoms with van der Waals surface area (Å²) in [5.41, 5.74) is 1.12. The molecular formula is C16H23N3O2. The minimum atomic E-state index is -0.134.